The Kier molecular flexibility index (Phi) is 9.03. The number of hydrogen-bond acceptors (Lipinski definition) is 6. The number of rotatable bonds is 11. The fourth-order valence-corrected chi connectivity index (χ4v) is 3.21. The molecule has 28 heavy (non-hydrogen) atoms. The first-order valence-corrected chi connectivity index (χ1v) is 10.5. The number of aromatic nitrogens is 1. The Morgan fingerprint density at radius 3 is 2.32 bits per heavy atom. The van der Waals surface area contributed by atoms with Gasteiger partial charge in [-0.3, -0.25) is 14.5 Å². The summed E-state index contributed by atoms with van der Waals surface area (Å²) in [6.45, 7) is 9.54. The van der Waals surface area contributed by atoms with Crippen molar-refractivity contribution in [1.82, 2.24) is 15.4 Å². The summed E-state index contributed by atoms with van der Waals surface area (Å²) in [4.78, 5) is 26.1. The van der Waals surface area contributed by atoms with Crippen LogP contribution in [0.2, 0.25) is 0 Å². The van der Waals surface area contributed by atoms with Gasteiger partial charge in [0.2, 0.25) is 11.8 Å². The highest BCUT2D eigenvalue weighted by Gasteiger charge is 2.08. The lowest BCUT2D eigenvalue weighted by atomic mass is 10.1. The van der Waals surface area contributed by atoms with Crippen molar-refractivity contribution in [2.75, 3.05) is 29.9 Å². The number of carbonyl (C=O) groups excluding carboxylic acids is 2. The van der Waals surface area contributed by atoms with Gasteiger partial charge >= 0.3 is 0 Å². The Labute approximate surface area is 170 Å². The molecular weight excluding hydrogens is 376 g/mol. The molecule has 7 nitrogen and oxygen atoms in total. The average molecular weight is 405 g/mol. The standard InChI is InChI=1S/C20H28N4O3S/c1-4-24(5-2)12-17-8-6-16(7-9-17)11-21-19(25)13-28-14-20(26)22-18-10-15(3)27-23-18/h6-10H,4-5,11-14H2,1-3H3,(H,21,25)(H,22,23,26). The van der Waals surface area contributed by atoms with Crippen molar-refractivity contribution in [2.24, 2.45) is 0 Å². The molecule has 1 aromatic carbocycles. The van der Waals surface area contributed by atoms with Crippen molar-refractivity contribution in [3.8, 4) is 0 Å². The molecule has 0 atom stereocenters. The van der Waals surface area contributed by atoms with Gasteiger partial charge in [0.05, 0.1) is 11.5 Å². The van der Waals surface area contributed by atoms with Crippen LogP contribution in [0.15, 0.2) is 34.9 Å². The van der Waals surface area contributed by atoms with E-state index in [1.54, 1.807) is 13.0 Å². The first-order valence-electron chi connectivity index (χ1n) is 9.38. The smallest absolute Gasteiger partial charge is 0.235 e. The van der Waals surface area contributed by atoms with Gasteiger partial charge in [-0.05, 0) is 31.1 Å². The van der Waals surface area contributed by atoms with Crippen LogP contribution in [0, 0.1) is 6.92 Å². The quantitative estimate of drug-likeness (QED) is 0.599. The third-order valence-corrected chi connectivity index (χ3v) is 5.11. The number of anilines is 1. The lowest BCUT2D eigenvalue weighted by molar-refractivity contribution is -0.118. The first kappa shape index (κ1) is 22.0. The predicted octanol–water partition coefficient (Wildman–Crippen LogP) is 2.81. The molecule has 0 saturated heterocycles. The van der Waals surface area contributed by atoms with Crippen LogP contribution < -0.4 is 10.6 Å². The average Bonchev–Trinajstić information content (AvgIpc) is 3.09. The number of thioether (sulfide) groups is 1. The normalized spacial score (nSPS) is 10.9. The van der Waals surface area contributed by atoms with Crippen LogP contribution in [0.1, 0.15) is 30.7 Å². The van der Waals surface area contributed by atoms with Crippen molar-refractivity contribution < 1.29 is 14.1 Å². The second-order valence-electron chi connectivity index (χ2n) is 6.42. The summed E-state index contributed by atoms with van der Waals surface area (Å²) in [5, 5.41) is 9.20. The number of amides is 2. The van der Waals surface area contributed by atoms with E-state index >= 15 is 0 Å². The highest BCUT2D eigenvalue weighted by atomic mass is 32.2. The lowest BCUT2D eigenvalue weighted by Crippen LogP contribution is -2.25. The van der Waals surface area contributed by atoms with E-state index in [-0.39, 0.29) is 23.3 Å². The Balaban J connectivity index is 1.64. The second kappa shape index (κ2) is 11.5. The highest BCUT2D eigenvalue weighted by Crippen LogP contribution is 2.09. The van der Waals surface area contributed by atoms with E-state index in [2.05, 4.69) is 46.7 Å². The third-order valence-electron chi connectivity index (χ3n) is 4.18. The zero-order chi connectivity index (χ0) is 20.4. The fraction of sp³-hybridized carbons (Fsp3) is 0.450. The van der Waals surface area contributed by atoms with E-state index < -0.39 is 0 Å². The van der Waals surface area contributed by atoms with E-state index in [4.69, 9.17) is 4.52 Å². The minimum atomic E-state index is -0.213. The first-order chi connectivity index (χ1) is 13.5. The van der Waals surface area contributed by atoms with Crippen LogP contribution in [0.25, 0.3) is 0 Å². The third kappa shape index (κ3) is 7.74. The van der Waals surface area contributed by atoms with E-state index in [0.717, 1.165) is 25.2 Å². The molecule has 0 aliphatic heterocycles. The summed E-state index contributed by atoms with van der Waals surface area (Å²) in [7, 11) is 0. The predicted molar refractivity (Wildman–Crippen MR) is 112 cm³/mol. The summed E-state index contributed by atoms with van der Waals surface area (Å²) in [6.07, 6.45) is 0. The molecule has 1 heterocycles. The number of carbonyl (C=O) groups is 2. The monoisotopic (exact) mass is 404 g/mol. The fourth-order valence-electron chi connectivity index (χ4n) is 2.56. The molecule has 152 valence electrons. The maximum Gasteiger partial charge on any atom is 0.235 e. The largest absolute Gasteiger partial charge is 0.360 e. The van der Waals surface area contributed by atoms with E-state index in [0.29, 0.717) is 18.1 Å². The van der Waals surface area contributed by atoms with Crippen LogP contribution in [0.3, 0.4) is 0 Å². The highest BCUT2D eigenvalue weighted by molar-refractivity contribution is 8.00. The molecule has 2 N–H and O–H groups in total. The van der Waals surface area contributed by atoms with Gasteiger partial charge in [0.15, 0.2) is 5.82 Å². The summed E-state index contributed by atoms with van der Waals surface area (Å²) in [5.74, 6) is 1.11. The molecule has 0 bridgehead atoms. The van der Waals surface area contributed by atoms with Gasteiger partial charge in [0.1, 0.15) is 5.76 Å². The topological polar surface area (TPSA) is 87.5 Å². The Morgan fingerprint density at radius 1 is 1.07 bits per heavy atom. The van der Waals surface area contributed by atoms with Crippen molar-refractivity contribution in [3.63, 3.8) is 0 Å². The number of nitrogens with zero attached hydrogens (tertiary/aromatic N) is 2. The lowest BCUT2D eigenvalue weighted by Gasteiger charge is -2.18. The molecule has 2 rings (SSSR count). The minimum Gasteiger partial charge on any atom is -0.360 e. The molecule has 1 aromatic heterocycles. The molecule has 0 fully saturated rings. The van der Waals surface area contributed by atoms with E-state index in [1.165, 1.54) is 17.3 Å². The summed E-state index contributed by atoms with van der Waals surface area (Å²) < 4.78 is 4.88. The van der Waals surface area contributed by atoms with E-state index in [9.17, 15) is 9.59 Å². The van der Waals surface area contributed by atoms with E-state index in [1.807, 2.05) is 12.1 Å². The Hall–Kier alpha value is -2.32. The van der Waals surface area contributed by atoms with Crippen molar-refractivity contribution in [1.29, 1.82) is 0 Å². The minimum absolute atomic E-state index is 0.0951. The van der Waals surface area contributed by atoms with Crippen LogP contribution in [0.4, 0.5) is 5.82 Å². The molecule has 8 heteroatoms. The molecule has 0 radical (unpaired) electrons. The summed E-state index contributed by atoms with van der Waals surface area (Å²) in [6, 6.07) is 9.93. The van der Waals surface area contributed by atoms with Gasteiger partial charge in [0, 0.05) is 19.2 Å². The van der Waals surface area contributed by atoms with Crippen LogP contribution in [-0.4, -0.2) is 46.5 Å². The molecule has 2 aromatic rings. The van der Waals surface area contributed by atoms with Crippen molar-refractivity contribution >= 4 is 29.4 Å². The number of hydrogen-bond donors (Lipinski definition) is 2. The van der Waals surface area contributed by atoms with Crippen LogP contribution in [0.5, 0.6) is 0 Å². The molecule has 0 aliphatic rings. The second-order valence-corrected chi connectivity index (χ2v) is 7.40. The number of aryl methyl sites for hydroxylation is 1. The van der Waals surface area contributed by atoms with Gasteiger partial charge in [-0.1, -0.05) is 43.3 Å². The van der Waals surface area contributed by atoms with Crippen LogP contribution in [-0.2, 0) is 22.7 Å². The molecular formula is C20H28N4O3S. The summed E-state index contributed by atoms with van der Waals surface area (Å²) >= 11 is 1.26. The molecule has 0 aliphatic carbocycles. The summed E-state index contributed by atoms with van der Waals surface area (Å²) in [5.41, 5.74) is 2.32. The molecule has 0 saturated carbocycles. The molecule has 0 spiro atoms. The Bertz CT molecular complexity index is 757. The van der Waals surface area contributed by atoms with Gasteiger partial charge < -0.3 is 15.2 Å². The van der Waals surface area contributed by atoms with Gasteiger partial charge in [-0.2, -0.15) is 0 Å². The molecule has 0 unspecified atom stereocenters. The van der Waals surface area contributed by atoms with Crippen molar-refractivity contribution in [2.45, 2.75) is 33.9 Å². The van der Waals surface area contributed by atoms with Gasteiger partial charge in [0.25, 0.3) is 0 Å². The van der Waals surface area contributed by atoms with Gasteiger partial charge in [-0.25, -0.2) is 0 Å². The van der Waals surface area contributed by atoms with Crippen LogP contribution >= 0.6 is 11.8 Å². The Morgan fingerprint density at radius 2 is 1.71 bits per heavy atom. The SMILES string of the molecule is CCN(CC)Cc1ccc(CNC(=O)CSCC(=O)Nc2cc(C)on2)cc1. The number of nitrogens with one attached hydrogen (secondary N) is 2. The maximum atomic E-state index is 12.0. The van der Waals surface area contributed by atoms with Crippen molar-refractivity contribution in [3.05, 3.63) is 47.2 Å². The molecule has 2 amide bonds. The zero-order valence-corrected chi connectivity index (χ0v) is 17.5. The maximum absolute atomic E-state index is 12.0. The zero-order valence-electron chi connectivity index (χ0n) is 16.7. The number of benzene rings is 1. The van der Waals surface area contributed by atoms with Gasteiger partial charge in [-0.15, -0.1) is 11.8 Å².